The molecule has 0 bridgehead atoms. The van der Waals surface area contributed by atoms with Crippen LogP contribution < -0.4 is 0 Å². The highest BCUT2D eigenvalue weighted by Gasteiger charge is 2.32. The van der Waals surface area contributed by atoms with Crippen molar-refractivity contribution >= 4 is 27.5 Å². The summed E-state index contributed by atoms with van der Waals surface area (Å²) < 4.78 is 15.0. The van der Waals surface area contributed by atoms with Gasteiger partial charge in [-0.3, -0.25) is 4.79 Å². The topological polar surface area (TPSA) is 32.7 Å². The first-order valence-corrected chi connectivity index (χ1v) is 7.73. The number of hydrazone groups is 1. The van der Waals surface area contributed by atoms with Crippen molar-refractivity contribution in [1.29, 1.82) is 0 Å². The maximum Gasteiger partial charge on any atom is 0.240 e. The number of hydrogen-bond acceptors (Lipinski definition) is 2. The second kappa shape index (κ2) is 6.01. The van der Waals surface area contributed by atoms with E-state index in [2.05, 4.69) is 21.0 Å². The van der Waals surface area contributed by atoms with E-state index in [1.54, 1.807) is 18.2 Å². The first kappa shape index (κ1) is 14.9. The summed E-state index contributed by atoms with van der Waals surface area (Å²) in [6.07, 6.45) is 0.502. The Kier molecular flexibility index (Phi) is 4.07. The number of halogens is 2. The molecule has 2 aromatic carbocycles. The van der Waals surface area contributed by atoms with Gasteiger partial charge in [0.1, 0.15) is 5.82 Å². The quantitative estimate of drug-likeness (QED) is 0.786. The summed E-state index contributed by atoms with van der Waals surface area (Å²) in [5, 5.41) is 5.78. The van der Waals surface area contributed by atoms with Crippen LogP contribution in [0.25, 0.3) is 0 Å². The van der Waals surface area contributed by atoms with Gasteiger partial charge in [-0.05, 0) is 23.8 Å². The Morgan fingerprint density at radius 1 is 1.23 bits per heavy atom. The van der Waals surface area contributed by atoms with Crippen LogP contribution in [-0.4, -0.2) is 16.6 Å². The molecule has 0 aliphatic carbocycles. The summed E-state index contributed by atoms with van der Waals surface area (Å²) in [6.45, 7) is 1.45. The third-order valence-electron chi connectivity index (χ3n) is 3.67. The van der Waals surface area contributed by atoms with Crippen molar-refractivity contribution in [3.8, 4) is 0 Å². The predicted molar refractivity (Wildman–Crippen MR) is 87.0 cm³/mol. The molecule has 3 rings (SSSR count). The van der Waals surface area contributed by atoms with E-state index in [0.717, 1.165) is 15.7 Å². The first-order valence-electron chi connectivity index (χ1n) is 6.94. The van der Waals surface area contributed by atoms with E-state index in [9.17, 15) is 9.18 Å². The Balaban J connectivity index is 1.96. The summed E-state index contributed by atoms with van der Waals surface area (Å²) in [4.78, 5) is 11.9. The Morgan fingerprint density at radius 2 is 1.91 bits per heavy atom. The van der Waals surface area contributed by atoms with Crippen molar-refractivity contribution in [2.45, 2.75) is 19.4 Å². The van der Waals surface area contributed by atoms with E-state index in [-0.39, 0.29) is 11.7 Å². The summed E-state index contributed by atoms with van der Waals surface area (Å²) in [7, 11) is 0. The van der Waals surface area contributed by atoms with Crippen molar-refractivity contribution in [3.63, 3.8) is 0 Å². The van der Waals surface area contributed by atoms with E-state index in [1.807, 2.05) is 24.3 Å². The van der Waals surface area contributed by atoms with Gasteiger partial charge < -0.3 is 0 Å². The zero-order valence-electron chi connectivity index (χ0n) is 12.0. The average molecular weight is 361 g/mol. The number of amides is 1. The van der Waals surface area contributed by atoms with Crippen LogP contribution in [0.4, 0.5) is 4.39 Å². The lowest BCUT2D eigenvalue weighted by Crippen LogP contribution is -2.25. The number of nitrogens with zero attached hydrogens (tertiary/aromatic N) is 2. The summed E-state index contributed by atoms with van der Waals surface area (Å²) >= 11 is 3.39. The number of rotatable bonds is 2. The minimum atomic E-state index is -0.391. The van der Waals surface area contributed by atoms with Crippen LogP contribution in [0.3, 0.4) is 0 Å². The molecule has 1 heterocycles. The molecule has 22 heavy (non-hydrogen) atoms. The molecule has 0 fully saturated rings. The van der Waals surface area contributed by atoms with Gasteiger partial charge in [0.15, 0.2) is 0 Å². The van der Waals surface area contributed by atoms with Crippen molar-refractivity contribution < 1.29 is 9.18 Å². The van der Waals surface area contributed by atoms with Crippen LogP contribution in [0.1, 0.15) is 30.5 Å². The minimum absolute atomic E-state index is 0.194. The molecule has 0 radical (unpaired) electrons. The largest absolute Gasteiger partial charge is 0.273 e. The summed E-state index contributed by atoms with van der Waals surface area (Å²) in [5.74, 6) is -0.508. The smallest absolute Gasteiger partial charge is 0.240 e. The van der Waals surface area contributed by atoms with Gasteiger partial charge in [-0.1, -0.05) is 46.3 Å². The molecule has 3 nitrogen and oxygen atoms in total. The minimum Gasteiger partial charge on any atom is -0.273 e. The lowest BCUT2D eigenvalue weighted by atomic mass is 9.98. The Bertz CT molecular complexity index is 743. The molecule has 1 aliphatic rings. The third-order valence-corrected chi connectivity index (χ3v) is 4.20. The highest BCUT2D eigenvalue weighted by atomic mass is 79.9. The molecule has 1 atom stereocenters. The maximum absolute atomic E-state index is 14.1. The molecule has 1 aliphatic heterocycles. The van der Waals surface area contributed by atoms with Crippen molar-refractivity contribution in [2.24, 2.45) is 5.10 Å². The van der Waals surface area contributed by atoms with E-state index >= 15 is 0 Å². The monoisotopic (exact) mass is 360 g/mol. The van der Waals surface area contributed by atoms with Crippen LogP contribution in [-0.2, 0) is 4.79 Å². The second-order valence-electron chi connectivity index (χ2n) is 5.16. The normalized spacial score (nSPS) is 17.5. The molecule has 112 valence electrons. The SMILES string of the molecule is CC(=O)N1N=C(c2ccc(Br)cc2)C[C@@H]1c1ccccc1F. The molecule has 0 N–H and O–H groups in total. The van der Waals surface area contributed by atoms with Gasteiger partial charge >= 0.3 is 0 Å². The van der Waals surface area contributed by atoms with E-state index < -0.39 is 6.04 Å². The van der Waals surface area contributed by atoms with Gasteiger partial charge in [-0.25, -0.2) is 9.40 Å². The van der Waals surface area contributed by atoms with Crippen LogP contribution in [0.2, 0.25) is 0 Å². The van der Waals surface area contributed by atoms with Gasteiger partial charge in [0.2, 0.25) is 5.91 Å². The number of carbonyl (C=O) groups excluding carboxylic acids is 1. The molecule has 5 heteroatoms. The lowest BCUT2D eigenvalue weighted by molar-refractivity contribution is -0.130. The van der Waals surface area contributed by atoms with Gasteiger partial charge in [-0.15, -0.1) is 0 Å². The molecule has 0 unspecified atom stereocenters. The molecule has 0 saturated heterocycles. The summed E-state index contributed by atoms with van der Waals surface area (Å²) in [5.41, 5.74) is 2.22. The van der Waals surface area contributed by atoms with Gasteiger partial charge in [0.05, 0.1) is 11.8 Å². The molecule has 2 aromatic rings. The number of benzene rings is 2. The molecular formula is C17H14BrFN2O. The fourth-order valence-corrected chi connectivity index (χ4v) is 2.87. The summed E-state index contributed by atoms with van der Waals surface area (Å²) in [6, 6.07) is 13.9. The fourth-order valence-electron chi connectivity index (χ4n) is 2.60. The number of hydrogen-bond donors (Lipinski definition) is 0. The highest BCUT2D eigenvalue weighted by molar-refractivity contribution is 9.10. The fraction of sp³-hybridized carbons (Fsp3) is 0.176. The molecule has 0 aromatic heterocycles. The molecule has 0 saturated carbocycles. The van der Waals surface area contributed by atoms with Crippen LogP contribution >= 0.6 is 15.9 Å². The van der Waals surface area contributed by atoms with Crippen molar-refractivity contribution in [1.82, 2.24) is 5.01 Å². The van der Waals surface area contributed by atoms with Gasteiger partial charge in [0, 0.05) is 23.4 Å². The van der Waals surface area contributed by atoms with Crippen LogP contribution in [0, 0.1) is 5.82 Å². The van der Waals surface area contributed by atoms with Gasteiger partial charge in [-0.2, -0.15) is 5.10 Å². The lowest BCUT2D eigenvalue weighted by Gasteiger charge is -2.20. The first-order chi connectivity index (χ1) is 10.6. The number of carbonyl (C=O) groups is 1. The van der Waals surface area contributed by atoms with E-state index in [1.165, 1.54) is 18.0 Å². The van der Waals surface area contributed by atoms with Crippen molar-refractivity contribution in [2.75, 3.05) is 0 Å². The Hall–Kier alpha value is -2.01. The second-order valence-corrected chi connectivity index (χ2v) is 6.07. The zero-order valence-corrected chi connectivity index (χ0v) is 13.5. The maximum atomic E-state index is 14.1. The van der Waals surface area contributed by atoms with Crippen LogP contribution in [0.5, 0.6) is 0 Å². The Labute approximate surface area is 136 Å². The van der Waals surface area contributed by atoms with Gasteiger partial charge in [0.25, 0.3) is 0 Å². The average Bonchev–Trinajstić information content (AvgIpc) is 2.93. The highest BCUT2D eigenvalue weighted by Crippen LogP contribution is 2.34. The molecular weight excluding hydrogens is 347 g/mol. The van der Waals surface area contributed by atoms with Crippen molar-refractivity contribution in [3.05, 3.63) is 69.9 Å². The predicted octanol–water partition coefficient (Wildman–Crippen LogP) is 4.29. The van der Waals surface area contributed by atoms with E-state index in [0.29, 0.717) is 12.0 Å². The van der Waals surface area contributed by atoms with Crippen LogP contribution in [0.15, 0.2) is 58.1 Å². The van der Waals surface area contributed by atoms with E-state index in [4.69, 9.17) is 0 Å². The standard InChI is InChI=1S/C17H14BrFN2O/c1-11(22)21-17(14-4-2-3-5-15(14)19)10-16(20-21)12-6-8-13(18)9-7-12/h2-9,17H,10H2,1H3/t17-/m1/s1. The third kappa shape index (κ3) is 2.81. The molecule has 1 amide bonds. The molecule has 0 spiro atoms. The Morgan fingerprint density at radius 3 is 2.55 bits per heavy atom. The zero-order chi connectivity index (χ0) is 15.7.